The Bertz CT molecular complexity index is 321. The molecule has 0 aliphatic heterocycles. The minimum atomic E-state index is 1.25. The van der Waals surface area contributed by atoms with E-state index >= 15 is 0 Å². The van der Waals surface area contributed by atoms with Crippen molar-refractivity contribution in [1.82, 2.24) is 0 Å². The molecule has 2 rings (SSSR count). The molecular formula is C13H16. The van der Waals surface area contributed by atoms with Gasteiger partial charge in [-0.25, -0.2) is 0 Å². The molecule has 0 bridgehead atoms. The lowest BCUT2D eigenvalue weighted by atomic mass is 9.90. The fraction of sp³-hybridized carbons (Fsp3) is 0.385. The largest absolute Gasteiger partial charge is 0.0654 e. The molecule has 0 N–H and O–H groups in total. The number of fused-ring (bicyclic) bond motifs is 1. The standard InChI is InChI=1S/C13H16/c1-2-3-4-6-11-7-5-8-12-9-10-13(11)12/h5,7-10H,2-4,6H2,1H3. The molecule has 1 aliphatic rings. The fourth-order valence-electron chi connectivity index (χ4n) is 1.84. The van der Waals surface area contributed by atoms with Gasteiger partial charge in [0.1, 0.15) is 0 Å². The Labute approximate surface area is 80.3 Å². The van der Waals surface area contributed by atoms with E-state index in [1.807, 2.05) is 0 Å². The maximum atomic E-state index is 2.26. The van der Waals surface area contributed by atoms with E-state index in [1.54, 1.807) is 0 Å². The van der Waals surface area contributed by atoms with Crippen LogP contribution in [0.1, 0.15) is 42.9 Å². The molecule has 0 heteroatoms. The zero-order valence-electron chi connectivity index (χ0n) is 8.22. The second-order valence-corrected chi connectivity index (χ2v) is 3.71. The van der Waals surface area contributed by atoms with Gasteiger partial charge in [0.25, 0.3) is 0 Å². The summed E-state index contributed by atoms with van der Waals surface area (Å²) in [6.07, 6.45) is 9.68. The fourth-order valence-corrected chi connectivity index (χ4v) is 1.84. The molecule has 13 heavy (non-hydrogen) atoms. The van der Waals surface area contributed by atoms with Crippen LogP contribution < -0.4 is 0 Å². The summed E-state index contributed by atoms with van der Waals surface area (Å²) >= 11 is 0. The molecule has 0 saturated carbocycles. The van der Waals surface area contributed by atoms with Crippen LogP contribution in [0.3, 0.4) is 0 Å². The Balaban J connectivity index is 2.02. The average molecular weight is 172 g/mol. The molecule has 0 radical (unpaired) electrons. The lowest BCUT2D eigenvalue weighted by molar-refractivity contribution is 0.716. The average Bonchev–Trinajstić information content (AvgIpc) is 2.08. The summed E-state index contributed by atoms with van der Waals surface area (Å²) in [6.45, 7) is 2.25. The van der Waals surface area contributed by atoms with E-state index in [-0.39, 0.29) is 0 Å². The first-order chi connectivity index (χ1) is 6.42. The Kier molecular flexibility index (Phi) is 2.49. The summed E-state index contributed by atoms with van der Waals surface area (Å²) < 4.78 is 0. The van der Waals surface area contributed by atoms with Gasteiger partial charge in [0.15, 0.2) is 0 Å². The van der Waals surface area contributed by atoms with Crippen LogP contribution in [-0.2, 0) is 6.42 Å². The molecule has 0 spiro atoms. The van der Waals surface area contributed by atoms with E-state index < -0.39 is 0 Å². The Morgan fingerprint density at radius 2 is 2.00 bits per heavy atom. The highest BCUT2D eigenvalue weighted by Crippen LogP contribution is 2.27. The predicted octanol–water partition coefficient (Wildman–Crippen LogP) is 3.90. The van der Waals surface area contributed by atoms with Gasteiger partial charge in [-0.15, -0.1) is 0 Å². The number of aryl methyl sites for hydroxylation is 1. The summed E-state index contributed by atoms with van der Waals surface area (Å²) in [4.78, 5) is 0. The van der Waals surface area contributed by atoms with Crippen molar-refractivity contribution in [3.05, 3.63) is 34.9 Å². The van der Waals surface area contributed by atoms with Crippen molar-refractivity contribution in [3.8, 4) is 0 Å². The predicted molar refractivity (Wildman–Crippen MR) is 58.6 cm³/mol. The first-order valence-electron chi connectivity index (χ1n) is 5.22. The zero-order chi connectivity index (χ0) is 9.10. The molecule has 0 amide bonds. The van der Waals surface area contributed by atoms with Crippen molar-refractivity contribution in [2.24, 2.45) is 0 Å². The summed E-state index contributed by atoms with van der Waals surface area (Å²) in [6, 6.07) is 6.63. The van der Waals surface area contributed by atoms with Gasteiger partial charge in [-0.05, 0) is 29.5 Å². The minimum Gasteiger partial charge on any atom is -0.0654 e. The lowest BCUT2D eigenvalue weighted by Gasteiger charge is -2.15. The third kappa shape index (κ3) is 1.67. The highest BCUT2D eigenvalue weighted by atomic mass is 14.1. The third-order valence-corrected chi connectivity index (χ3v) is 2.71. The smallest absolute Gasteiger partial charge is 0.0152 e. The van der Waals surface area contributed by atoms with E-state index in [0.717, 1.165) is 0 Å². The molecule has 0 heterocycles. The Hall–Kier alpha value is -1.04. The van der Waals surface area contributed by atoms with E-state index in [0.29, 0.717) is 0 Å². The maximum absolute atomic E-state index is 2.26. The first kappa shape index (κ1) is 8.55. The van der Waals surface area contributed by atoms with Crippen LogP contribution in [0.25, 0.3) is 12.2 Å². The maximum Gasteiger partial charge on any atom is -0.0152 e. The number of hydrogen-bond acceptors (Lipinski definition) is 0. The van der Waals surface area contributed by atoms with E-state index in [9.17, 15) is 0 Å². The van der Waals surface area contributed by atoms with Gasteiger partial charge in [0.05, 0.1) is 0 Å². The van der Waals surface area contributed by atoms with Gasteiger partial charge in [-0.3, -0.25) is 0 Å². The molecule has 0 unspecified atom stereocenters. The normalized spacial score (nSPS) is 12.4. The van der Waals surface area contributed by atoms with Crippen LogP contribution in [0, 0.1) is 0 Å². The lowest BCUT2D eigenvalue weighted by Crippen LogP contribution is -1.97. The third-order valence-electron chi connectivity index (χ3n) is 2.71. The number of hydrogen-bond donors (Lipinski definition) is 0. The van der Waals surface area contributed by atoms with Crippen molar-refractivity contribution in [1.29, 1.82) is 0 Å². The highest BCUT2D eigenvalue weighted by molar-refractivity contribution is 5.87. The summed E-state index contributed by atoms with van der Waals surface area (Å²) in [5, 5.41) is 0. The van der Waals surface area contributed by atoms with E-state index in [1.165, 1.54) is 42.4 Å². The topological polar surface area (TPSA) is 0 Å². The summed E-state index contributed by atoms with van der Waals surface area (Å²) in [7, 11) is 0. The van der Waals surface area contributed by atoms with E-state index in [2.05, 4.69) is 37.3 Å². The van der Waals surface area contributed by atoms with Crippen molar-refractivity contribution in [3.63, 3.8) is 0 Å². The van der Waals surface area contributed by atoms with Gasteiger partial charge in [-0.1, -0.05) is 50.1 Å². The molecule has 0 aromatic heterocycles. The van der Waals surface area contributed by atoms with Gasteiger partial charge < -0.3 is 0 Å². The second kappa shape index (κ2) is 3.78. The second-order valence-electron chi connectivity index (χ2n) is 3.71. The SMILES string of the molecule is CCCCCc1cccc2c1C=C2. The number of unbranched alkanes of at least 4 members (excludes halogenated alkanes) is 2. The van der Waals surface area contributed by atoms with E-state index in [4.69, 9.17) is 0 Å². The van der Waals surface area contributed by atoms with Gasteiger partial charge in [0.2, 0.25) is 0 Å². The Morgan fingerprint density at radius 3 is 2.69 bits per heavy atom. The van der Waals surface area contributed by atoms with Crippen molar-refractivity contribution < 1.29 is 0 Å². The molecule has 1 aliphatic carbocycles. The molecular weight excluding hydrogens is 156 g/mol. The van der Waals surface area contributed by atoms with Crippen LogP contribution in [-0.4, -0.2) is 0 Å². The van der Waals surface area contributed by atoms with Crippen molar-refractivity contribution in [2.45, 2.75) is 32.6 Å². The molecule has 0 nitrogen and oxygen atoms in total. The minimum absolute atomic E-state index is 1.25. The first-order valence-corrected chi connectivity index (χ1v) is 5.22. The molecule has 68 valence electrons. The number of rotatable bonds is 4. The van der Waals surface area contributed by atoms with Gasteiger partial charge >= 0.3 is 0 Å². The summed E-state index contributed by atoms with van der Waals surface area (Å²) in [5.41, 5.74) is 4.45. The quantitative estimate of drug-likeness (QED) is 0.613. The molecule has 1 aromatic rings. The Morgan fingerprint density at radius 1 is 1.08 bits per heavy atom. The van der Waals surface area contributed by atoms with Gasteiger partial charge in [0, 0.05) is 0 Å². The van der Waals surface area contributed by atoms with Gasteiger partial charge in [-0.2, -0.15) is 0 Å². The van der Waals surface area contributed by atoms with Crippen LogP contribution in [0.2, 0.25) is 0 Å². The zero-order valence-corrected chi connectivity index (χ0v) is 8.22. The molecule has 0 atom stereocenters. The molecule has 1 aromatic carbocycles. The highest BCUT2D eigenvalue weighted by Gasteiger charge is 2.08. The van der Waals surface area contributed by atoms with Crippen LogP contribution >= 0.6 is 0 Å². The number of benzene rings is 1. The van der Waals surface area contributed by atoms with Crippen molar-refractivity contribution >= 4 is 12.2 Å². The van der Waals surface area contributed by atoms with Crippen LogP contribution in [0.15, 0.2) is 18.2 Å². The molecule has 0 fully saturated rings. The molecule has 0 saturated heterocycles. The monoisotopic (exact) mass is 172 g/mol. The summed E-state index contributed by atoms with van der Waals surface area (Å²) in [5.74, 6) is 0. The van der Waals surface area contributed by atoms with Crippen molar-refractivity contribution in [2.75, 3.05) is 0 Å². The van der Waals surface area contributed by atoms with Crippen LogP contribution in [0.5, 0.6) is 0 Å². The van der Waals surface area contributed by atoms with Crippen LogP contribution in [0.4, 0.5) is 0 Å².